The number of nitrogens with zero attached hydrogens (tertiary/aromatic N) is 3. The van der Waals surface area contributed by atoms with Gasteiger partial charge in [-0.1, -0.05) is 29.6 Å². The Morgan fingerprint density at radius 1 is 1.27 bits per heavy atom. The van der Waals surface area contributed by atoms with Crippen LogP contribution < -0.4 is 10.2 Å². The summed E-state index contributed by atoms with van der Waals surface area (Å²) in [5, 5.41) is 6.92. The average molecular weight is 318 g/mol. The van der Waals surface area contributed by atoms with Crippen LogP contribution in [0.2, 0.25) is 0 Å². The number of benzene rings is 1. The molecule has 2 aromatic rings. The maximum absolute atomic E-state index is 12.1. The predicted molar refractivity (Wildman–Crippen MR) is 90.6 cm³/mol. The number of carbonyl (C=O) groups excluding carboxylic acids is 1. The van der Waals surface area contributed by atoms with Crippen LogP contribution in [0.5, 0.6) is 0 Å². The summed E-state index contributed by atoms with van der Waals surface area (Å²) in [6.45, 7) is 6.65. The first-order valence-electron chi connectivity index (χ1n) is 7.65. The third-order valence-electron chi connectivity index (χ3n) is 3.49. The van der Waals surface area contributed by atoms with Gasteiger partial charge in [0.2, 0.25) is 0 Å². The van der Waals surface area contributed by atoms with Crippen molar-refractivity contribution in [1.29, 1.82) is 0 Å². The summed E-state index contributed by atoms with van der Waals surface area (Å²) in [4.78, 5) is 15.0. The molecule has 2 rings (SSSR count). The Kier molecular flexibility index (Phi) is 6.33. The fourth-order valence-electron chi connectivity index (χ4n) is 2.27. The zero-order valence-corrected chi connectivity index (χ0v) is 13.9. The fraction of sp³-hybridized carbons (Fsp3) is 0.438. The first-order valence-corrected chi connectivity index (χ1v) is 8.43. The predicted octanol–water partition coefficient (Wildman–Crippen LogP) is 2.75. The highest BCUT2D eigenvalue weighted by molar-refractivity contribution is 7.08. The van der Waals surface area contributed by atoms with E-state index in [9.17, 15) is 4.79 Å². The van der Waals surface area contributed by atoms with Gasteiger partial charge in [-0.3, -0.25) is 4.79 Å². The van der Waals surface area contributed by atoms with Gasteiger partial charge in [-0.15, -0.1) is 5.10 Å². The quantitative estimate of drug-likeness (QED) is 0.760. The molecule has 1 aromatic carbocycles. The highest BCUT2D eigenvalue weighted by atomic mass is 32.1. The summed E-state index contributed by atoms with van der Waals surface area (Å²) in [5.41, 5.74) is 2.00. The zero-order valence-electron chi connectivity index (χ0n) is 13.1. The molecule has 1 heterocycles. The molecule has 1 N–H and O–H groups in total. The summed E-state index contributed by atoms with van der Waals surface area (Å²) in [6, 6.07) is 10.3. The minimum Gasteiger partial charge on any atom is -0.372 e. The van der Waals surface area contributed by atoms with Gasteiger partial charge in [-0.2, -0.15) is 0 Å². The maximum atomic E-state index is 12.1. The second-order valence-electron chi connectivity index (χ2n) is 4.93. The van der Waals surface area contributed by atoms with Gasteiger partial charge < -0.3 is 10.2 Å². The van der Waals surface area contributed by atoms with Crippen molar-refractivity contribution in [3.63, 3.8) is 0 Å². The van der Waals surface area contributed by atoms with Crippen molar-refractivity contribution in [2.75, 3.05) is 24.5 Å². The third kappa shape index (κ3) is 4.27. The number of carbonyl (C=O) groups is 1. The Morgan fingerprint density at radius 2 is 2.05 bits per heavy atom. The average Bonchev–Trinajstić information content (AvgIpc) is 3.04. The van der Waals surface area contributed by atoms with Gasteiger partial charge >= 0.3 is 0 Å². The monoisotopic (exact) mass is 318 g/mol. The molecule has 0 saturated carbocycles. The van der Waals surface area contributed by atoms with E-state index in [4.69, 9.17) is 0 Å². The standard InChI is InChI=1S/C16H22N4OS/c1-3-14-15(22-19-18-14)16(21)17-11-8-12-20(4-2)13-9-6-5-7-10-13/h5-7,9-10H,3-4,8,11-12H2,1-2H3,(H,17,21). The molecule has 0 radical (unpaired) electrons. The van der Waals surface area contributed by atoms with Crippen molar-refractivity contribution in [2.24, 2.45) is 0 Å². The van der Waals surface area contributed by atoms with Gasteiger partial charge in [0.15, 0.2) is 0 Å². The number of aromatic nitrogens is 2. The molecule has 0 atom stereocenters. The van der Waals surface area contributed by atoms with Crippen molar-refractivity contribution < 1.29 is 4.79 Å². The lowest BCUT2D eigenvalue weighted by Gasteiger charge is -2.23. The Bertz CT molecular complexity index is 585. The number of para-hydroxylation sites is 1. The molecule has 0 fully saturated rings. The van der Waals surface area contributed by atoms with Crippen molar-refractivity contribution in [3.05, 3.63) is 40.9 Å². The summed E-state index contributed by atoms with van der Waals surface area (Å²) in [5.74, 6) is -0.0605. The number of hydrogen-bond acceptors (Lipinski definition) is 5. The van der Waals surface area contributed by atoms with E-state index >= 15 is 0 Å². The van der Waals surface area contributed by atoms with Crippen LogP contribution in [0.4, 0.5) is 5.69 Å². The van der Waals surface area contributed by atoms with Gasteiger partial charge in [-0.05, 0) is 43.4 Å². The summed E-state index contributed by atoms with van der Waals surface area (Å²) in [7, 11) is 0. The van der Waals surface area contributed by atoms with Crippen LogP contribution in [-0.2, 0) is 6.42 Å². The molecular formula is C16H22N4OS. The first-order chi connectivity index (χ1) is 10.8. The number of nitrogens with one attached hydrogen (secondary N) is 1. The molecular weight excluding hydrogens is 296 g/mol. The highest BCUT2D eigenvalue weighted by Gasteiger charge is 2.14. The molecule has 0 aliphatic carbocycles. The maximum Gasteiger partial charge on any atom is 0.264 e. The summed E-state index contributed by atoms with van der Waals surface area (Å²) in [6.07, 6.45) is 1.64. The van der Waals surface area contributed by atoms with Crippen LogP contribution in [-0.4, -0.2) is 35.1 Å². The molecule has 0 bridgehead atoms. The molecule has 1 aromatic heterocycles. The molecule has 6 heteroatoms. The number of aryl methyl sites for hydroxylation is 1. The van der Waals surface area contributed by atoms with E-state index in [1.807, 2.05) is 25.1 Å². The van der Waals surface area contributed by atoms with E-state index in [0.717, 1.165) is 43.2 Å². The SMILES string of the molecule is CCc1nnsc1C(=O)NCCCN(CC)c1ccccc1. The van der Waals surface area contributed by atoms with Crippen molar-refractivity contribution >= 4 is 23.1 Å². The van der Waals surface area contributed by atoms with Crippen LogP contribution >= 0.6 is 11.5 Å². The molecule has 0 aliphatic heterocycles. The molecule has 0 aliphatic rings. The van der Waals surface area contributed by atoms with Crippen molar-refractivity contribution in [2.45, 2.75) is 26.7 Å². The molecule has 118 valence electrons. The molecule has 0 spiro atoms. The number of amides is 1. The van der Waals surface area contributed by atoms with E-state index in [0.29, 0.717) is 11.4 Å². The second-order valence-corrected chi connectivity index (χ2v) is 5.68. The van der Waals surface area contributed by atoms with Gasteiger partial charge in [-0.25, -0.2) is 0 Å². The van der Waals surface area contributed by atoms with Crippen molar-refractivity contribution in [3.8, 4) is 0 Å². The number of rotatable bonds is 8. The lowest BCUT2D eigenvalue weighted by molar-refractivity contribution is 0.0956. The molecule has 5 nitrogen and oxygen atoms in total. The number of hydrogen-bond donors (Lipinski definition) is 1. The van der Waals surface area contributed by atoms with Crippen molar-refractivity contribution in [1.82, 2.24) is 14.9 Å². The highest BCUT2D eigenvalue weighted by Crippen LogP contribution is 2.13. The Hall–Kier alpha value is -1.95. The van der Waals surface area contributed by atoms with Gasteiger partial charge in [0.05, 0.1) is 5.69 Å². The Labute approximate surface area is 135 Å². The van der Waals surface area contributed by atoms with Gasteiger partial charge in [0.1, 0.15) is 4.88 Å². The minimum atomic E-state index is -0.0605. The van der Waals surface area contributed by atoms with Crippen LogP contribution in [0.1, 0.15) is 35.6 Å². The van der Waals surface area contributed by atoms with Crippen LogP contribution in [0.3, 0.4) is 0 Å². The zero-order chi connectivity index (χ0) is 15.8. The van der Waals surface area contributed by atoms with Crippen LogP contribution in [0, 0.1) is 0 Å². The lowest BCUT2D eigenvalue weighted by atomic mass is 10.2. The van der Waals surface area contributed by atoms with E-state index in [1.54, 1.807) is 0 Å². The third-order valence-corrected chi connectivity index (χ3v) is 4.26. The lowest BCUT2D eigenvalue weighted by Crippen LogP contribution is -2.30. The molecule has 1 amide bonds. The van der Waals surface area contributed by atoms with Gasteiger partial charge in [0.25, 0.3) is 5.91 Å². The normalized spacial score (nSPS) is 10.5. The first kappa shape index (κ1) is 16.4. The van der Waals surface area contributed by atoms with E-state index in [2.05, 4.69) is 38.9 Å². The fourth-order valence-corrected chi connectivity index (χ4v) is 2.94. The number of anilines is 1. The minimum absolute atomic E-state index is 0.0605. The molecule has 0 unspecified atom stereocenters. The van der Waals surface area contributed by atoms with E-state index in [1.165, 1.54) is 5.69 Å². The Morgan fingerprint density at radius 3 is 2.73 bits per heavy atom. The topological polar surface area (TPSA) is 58.1 Å². The second kappa shape index (κ2) is 8.48. The van der Waals surface area contributed by atoms with E-state index in [-0.39, 0.29) is 5.91 Å². The summed E-state index contributed by atoms with van der Waals surface area (Å²) >= 11 is 1.16. The largest absolute Gasteiger partial charge is 0.372 e. The smallest absolute Gasteiger partial charge is 0.264 e. The van der Waals surface area contributed by atoms with Crippen LogP contribution in [0.25, 0.3) is 0 Å². The Balaban J connectivity index is 1.78. The van der Waals surface area contributed by atoms with E-state index < -0.39 is 0 Å². The summed E-state index contributed by atoms with van der Waals surface area (Å²) < 4.78 is 3.85. The molecule has 22 heavy (non-hydrogen) atoms. The molecule has 0 saturated heterocycles. The van der Waals surface area contributed by atoms with Gasteiger partial charge in [0, 0.05) is 25.3 Å². The van der Waals surface area contributed by atoms with Crippen LogP contribution in [0.15, 0.2) is 30.3 Å².